The third-order valence-electron chi connectivity index (χ3n) is 18.3. The predicted octanol–water partition coefficient (Wildman–Crippen LogP) is 23.4. The Morgan fingerprint density at radius 1 is 0.517 bits per heavy atom. The maximum Gasteiger partial charge on any atom is 0.404 e. The highest BCUT2D eigenvalue weighted by molar-refractivity contribution is 8.14. The molecule has 1 N–H and O–H groups in total. The zero-order chi connectivity index (χ0) is 107. The molecule has 13 rings (SSSR count). The Labute approximate surface area is 864 Å². The summed E-state index contributed by atoms with van der Waals surface area (Å²) in [6.45, 7) is 44.7. The van der Waals surface area contributed by atoms with Crippen LogP contribution in [0.4, 0.5) is 14.4 Å². The van der Waals surface area contributed by atoms with Crippen LogP contribution in [-0.4, -0.2) is 200 Å². The Bertz CT molecular complexity index is 4910. The van der Waals surface area contributed by atoms with Gasteiger partial charge in [-0.3, -0.25) is 13.9 Å². The van der Waals surface area contributed by atoms with Crippen molar-refractivity contribution in [3.63, 3.8) is 0 Å². The van der Waals surface area contributed by atoms with Crippen molar-refractivity contribution in [2.24, 2.45) is 0 Å². The van der Waals surface area contributed by atoms with Crippen molar-refractivity contribution in [2.45, 2.75) is 183 Å². The highest BCUT2D eigenvalue weighted by atomic mass is 35.7. The Morgan fingerprint density at radius 3 is 1.29 bits per heavy atom. The molecule has 6 aliphatic rings. The van der Waals surface area contributed by atoms with Gasteiger partial charge >= 0.3 is 37.4 Å². The van der Waals surface area contributed by atoms with E-state index in [-0.39, 0.29) is 66.7 Å². The van der Waals surface area contributed by atoms with E-state index in [4.69, 9.17) is 96.8 Å². The summed E-state index contributed by atoms with van der Waals surface area (Å²) >= 11 is 10.2. The number of halogens is 4. The number of esters is 2. The van der Waals surface area contributed by atoms with E-state index in [1.165, 1.54) is 184 Å². The zero-order valence-electron chi connectivity index (χ0n) is 82.5. The Hall–Kier alpha value is -11.2. The molecule has 5 fully saturated rings. The van der Waals surface area contributed by atoms with Gasteiger partial charge in [-0.2, -0.15) is 0 Å². The fourth-order valence-electron chi connectivity index (χ4n) is 11.6. The zero-order valence-corrected chi connectivity index (χ0v) is 88.9. The third-order valence-corrected chi connectivity index (χ3v) is 21.8. The maximum absolute atomic E-state index is 11.4. The molecule has 1 amide bonds. The molecule has 3 aliphatic carbocycles. The van der Waals surface area contributed by atoms with Crippen LogP contribution in [-0.2, 0) is 120 Å². The number of aromatic nitrogens is 4. The summed E-state index contributed by atoms with van der Waals surface area (Å²) in [5.74, 6) is -0.537. The molecule has 143 heavy (non-hydrogen) atoms. The normalized spacial score (nSPS) is 14.2. The average molecular weight is 2150 g/mol. The van der Waals surface area contributed by atoms with Gasteiger partial charge in [-0.25, -0.2) is 59.2 Å². The minimum Gasteiger partial charge on any atom is -0.502 e. The number of hydrogen-bond donors (Lipinski definition) is 1. The largest absolute Gasteiger partial charge is 0.502 e. The first-order valence-electron chi connectivity index (χ1n) is 44.9. The van der Waals surface area contributed by atoms with Gasteiger partial charge in [0.25, 0.3) is 18.1 Å². The van der Waals surface area contributed by atoms with E-state index in [1.807, 2.05) is 61.5 Å². The van der Waals surface area contributed by atoms with Crippen LogP contribution in [0, 0.1) is 6.92 Å². The number of aryl methyl sites for hydroxylation is 1. The van der Waals surface area contributed by atoms with E-state index < -0.39 is 59.3 Å². The molecule has 5 aromatic carbocycles. The molecule has 7 aromatic rings. The first-order valence-corrected chi connectivity index (χ1v) is 53.7. The van der Waals surface area contributed by atoms with Gasteiger partial charge < -0.3 is 80.4 Å². The van der Waals surface area contributed by atoms with Gasteiger partial charge in [0.1, 0.15) is 62.1 Å². The molecule has 3 saturated heterocycles. The number of unbranched alkanes of at least 4 members (excludes halogenated alkanes) is 1. The Kier molecular flexibility index (Phi) is 79.7. The standard InChI is InChI=1S/C15H11ClO2.C8H7ClO2.C8H12O3.C8H14O.C7H7ClO2S.C7H6N4O.C7H10O3.C7H12O2.C7H12O.C6H5ClO2S.C6H9NO.C6H10O2.C6H12O.C2H7O3P.C2H6O2S/c16-15(17)18-9-14-12-7-3-1-5-10(12)11-6-2-4-8-13(11)14;9-8(10)11-6-7-4-2-1-3-5-7;1-4-10-5-6-11-8(9)7(2)3;1-2-9-8-6-4-3-5-7-8;1-6-2-4-7(5-3-6)11(8,9)10;12-7(10-3-1-8-5-10)11-4-2-9-6-11;1-3-7(8)10-6-5-9-4-2;1-2-8-7-5-3-4-6-9-7;1-2-8-7-5-3-4-6-7;7-10(8,9)6-4-2-1-3-5-6;1-2-7-5-3-4-6(7)8;1-2-7-6-4-3-5-8-6;1-3-5-6-7-4-2;1-4-6(3)5-2;1-5(2,3)4/h1-8,14H,9H2;1-5H,6H2;4H,1-2,5-6H2,3H3;2,8H,1,3-7H2;2-5H,1H3;1-6H;3-4H,1-2,5-6H2;2,7H,1,3-6H2;2,7H,1,3-6H2;1-5H;2H,1,3-5H2;2,6H,1,3-5H2;4H,2-3,5-6H2,1H3;3H,1-2H3;1-2H3. The number of rotatable bonds is 31. The number of ether oxygens (including phenoxy) is 13. The molecule has 5 heterocycles. The van der Waals surface area contributed by atoms with Gasteiger partial charge in [-0.1, -0.05) is 200 Å². The summed E-state index contributed by atoms with van der Waals surface area (Å²) in [5, 5.41) is 0. The second-order valence-electron chi connectivity index (χ2n) is 29.5. The van der Waals surface area contributed by atoms with Crippen molar-refractivity contribution in [1.82, 2.24) is 24.0 Å². The van der Waals surface area contributed by atoms with Gasteiger partial charge in [0.15, 0.2) is 12.6 Å². The van der Waals surface area contributed by atoms with Gasteiger partial charge in [-0.15, -0.1) is 0 Å². The molecule has 792 valence electrons. The summed E-state index contributed by atoms with van der Waals surface area (Å²) in [5.41, 5.74) is 5.62. The summed E-state index contributed by atoms with van der Waals surface area (Å²) < 4.78 is 137. The number of carbonyl (C=O) groups is 6. The fraction of sp³-hybridized carbons (Fsp3) is 0.392. The number of likely N-dealkylation sites (tertiary alicyclic amines) is 1. The van der Waals surface area contributed by atoms with Crippen LogP contribution in [0.2, 0.25) is 0 Å². The van der Waals surface area contributed by atoms with Gasteiger partial charge in [0, 0.05) is 139 Å². The lowest BCUT2D eigenvalue weighted by Crippen LogP contribution is -2.19. The first-order chi connectivity index (χ1) is 68.3. The smallest absolute Gasteiger partial charge is 0.404 e. The lowest BCUT2D eigenvalue weighted by Gasteiger charge is -2.21. The molecule has 0 bridgehead atoms. The van der Waals surface area contributed by atoms with Gasteiger partial charge in [0.2, 0.25) is 5.91 Å². The topological polar surface area (TPSA) is 402 Å². The lowest BCUT2D eigenvalue weighted by atomic mass is 9.98. The van der Waals surface area contributed by atoms with E-state index in [9.17, 15) is 54.0 Å². The molecule has 2 atom stereocenters. The maximum atomic E-state index is 11.4. The van der Waals surface area contributed by atoms with E-state index in [2.05, 4.69) is 130 Å². The van der Waals surface area contributed by atoms with E-state index >= 15 is 0 Å². The van der Waals surface area contributed by atoms with Gasteiger partial charge in [-0.05, 0) is 156 Å². The molecule has 0 spiro atoms. The van der Waals surface area contributed by atoms with Crippen LogP contribution in [0.1, 0.15) is 158 Å². The average Bonchev–Trinajstić information content (AvgIpc) is 1.61. The number of amides is 1. The lowest BCUT2D eigenvalue weighted by molar-refractivity contribution is -0.140. The van der Waals surface area contributed by atoms with Crippen LogP contribution in [0.3, 0.4) is 0 Å². The number of nitrogens with zero attached hydrogens (tertiary/aromatic N) is 5. The predicted molar refractivity (Wildman–Crippen MR) is 560 cm³/mol. The summed E-state index contributed by atoms with van der Waals surface area (Å²) in [6, 6.07) is 39.8. The molecule has 3 aliphatic heterocycles. The quantitative estimate of drug-likeness (QED) is 0.00802. The molecule has 2 unspecified atom stereocenters. The number of benzene rings is 5. The first kappa shape index (κ1) is 134. The molecule has 33 nitrogen and oxygen atoms in total. The number of sulfone groups is 1. The molecule has 0 radical (unpaired) electrons. The second kappa shape index (κ2) is 85.2. The fourth-order valence-corrected chi connectivity index (χ4v) is 13.4. The van der Waals surface area contributed by atoms with Gasteiger partial charge in [0.05, 0.1) is 85.7 Å². The Balaban J connectivity index is 0. The van der Waals surface area contributed by atoms with Crippen molar-refractivity contribution in [3.8, 4) is 11.1 Å². The van der Waals surface area contributed by atoms with Crippen molar-refractivity contribution in [2.75, 3.05) is 86.1 Å². The highest BCUT2D eigenvalue weighted by Crippen LogP contribution is 2.44. The van der Waals surface area contributed by atoms with E-state index in [0.29, 0.717) is 37.4 Å². The molecule has 41 heteroatoms. The van der Waals surface area contributed by atoms with Crippen molar-refractivity contribution in [3.05, 3.63) is 321 Å². The molecule has 2 saturated carbocycles. The number of carbonyl (C=O) groups excluding carboxylic acids is 6. The highest BCUT2D eigenvalue weighted by Gasteiger charge is 2.29. The number of hydrogen-bond acceptors (Lipinski definition) is 30. The Morgan fingerprint density at radius 2 is 0.937 bits per heavy atom. The number of fused-ring (bicyclic) bond motifs is 3. The number of imidazole rings is 2. The van der Waals surface area contributed by atoms with Crippen LogP contribution >= 0.6 is 53.2 Å². The minimum atomic E-state index is -3.55. The monoisotopic (exact) mass is 2150 g/mol. The van der Waals surface area contributed by atoms with Crippen molar-refractivity contribution >= 4 is 116 Å². The molecule has 2 aromatic heterocycles. The summed E-state index contributed by atoms with van der Waals surface area (Å²) in [4.78, 5) is 81.8. The van der Waals surface area contributed by atoms with E-state index in [0.717, 1.165) is 94.6 Å². The minimum absolute atomic E-state index is 0.00694. The van der Waals surface area contributed by atoms with Crippen LogP contribution < -0.4 is 0 Å². The molecular formula is C102H140Cl4N5O28PS3. The van der Waals surface area contributed by atoms with Crippen LogP contribution in [0.5, 0.6) is 0 Å². The SMILES string of the molecule is C=CN1CCCC1=O.C=COC1CCCC1.C=COC1CCCCC1.C=COC1CCCCO1.C=COC1CCCO1.C=COCCCC.C=COCCOC(=O)C(=C)C.C=COCCOC(=O)C=C.COP(O)OC.CS(C)(=O)=O.Cc1ccc(S(=O)(=O)Cl)cc1.O=C(Cl)OCC1c2ccccc2-c2ccccc21.O=C(Cl)OCc1ccccc1.O=C(n1ccnc1)n1ccnc1.O=S(=O)(Cl)c1ccccc1. The summed E-state index contributed by atoms with van der Waals surface area (Å²) in [6.07, 6.45) is 46.3. The molecular weight excluding hydrogens is 2010 g/mol. The summed E-state index contributed by atoms with van der Waals surface area (Å²) in [7, 11) is 1.56. The third kappa shape index (κ3) is 72.7. The van der Waals surface area contributed by atoms with E-state index in [1.54, 1.807) is 85.7 Å². The van der Waals surface area contributed by atoms with Crippen molar-refractivity contribution < 1.29 is 130 Å². The van der Waals surface area contributed by atoms with Crippen LogP contribution in [0.15, 0.2) is 308 Å². The van der Waals surface area contributed by atoms with Crippen LogP contribution in [0.25, 0.3) is 11.1 Å². The second-order valence-corrected chi connectivity index (χ2v) is 38.7. The van der Waals surface area contributed by atoms with Crippen molar-refractivity contribution in [1.29, 1.82) is 0 Å².